The molecule has 0 aliphatic rings. The van der Waals surface area contributed by atoms with Crippen molar-refractivity contribution >= 4 is 17.3 Å². The number of nitrogens with one attached hydrogen (secondary N) is 2. The molecule has 0 bridgehead atoms. The first kappa shape index (κ1) is 19.2. The Hall–Kier alpha value is -3.09. The van der Waals surface area contributed by atoms with Gasteiger partial charge in [0, 0.05) is 36.5 Å². The van der Waals surface area contributed by atoms with Crippen molar-refractivity contribution in [2.24, 2.45) is 0 Å². The molecule has 26 heavy (non-hydrogen) atoms. The van der Waals surface area contributed by atoms with Gasteiger partial charge in [0.15, 0.2) is 23.0 Å². The number of anilines is 2. The summed E-state index contributed by atoms with van der Waals surface area (Å²) in [5, 5.41) is 6.02. The van der Waals surface area contributed by atoms with Crippen LogP contribution in [0.4, 0.5) is 11.4 Å². The Balaban J connectivity index is 1.87. The second-order valence-electron chi connectivity index (χ2n) is 5.36. The fraction of sp³-hybridized carbons (Fsp3) is 0.316. The predicted octanol–water partition coefficient (Wildman–Crippen LogP) is 3.16. The first-order valence-electron chi connectivity index (χ1n) is 8.09. The van der Waals surface area contributed by atoms with E-state index in [4.69, 9.17) is 18.9 Å². The normalized spacial score (nSPS) is 10.0. The van der Waals surface area contributed by atoms with Gasteiger partial charge in [-0.2, -0.15) is 0 Å². The van der Waals surface area contributed by atoms with Gasteiger partial charge in [0.1, 0.15) is 0 Å². The van der Waals surface area contributed by atoms with Crippen molar-refractivity contribution in [3.8, 4) is 23.0 Å². The van der Waals surface area contributed by atoms with Crippen LogP contribution in [-0.4, -0.2) is 40.9 Å². The lowest BCUT2D eigenvalue weighted by atomic mass is 10.2. The van der Waals surface area contributed by atoms with E-state index in [2.05, 4.69) is 10.6 Å². The molecule has 2 aromatic rings. The van der Waals surface area contributed by atoms with E-state index < -0.39 is 0 Å². The maximum atomic E-state index is 12.1. The Morgan fingerprint density at radius 1 is 0.769 bits per heavy atom. The zero-order valence-electron chi connectivity index (χ0n) is 15.4. The van der Waals surface area contributed by atoms with Crippen LogP contribution in [0.5, 0.6) is 23.0 Å². The minimum absolute atomic E-state index is 0.106. The molecule has 0 aliphatic heterocycles. The van der Waals surface area contributed by atoms with Gasteiger partial charge in [-0.25, -0.2) is 0 Å². The van der Waals surface area contributed by atoms with Crippen LogP contribution in [0.1, 0.15) is 6.42 Å². The van der Waals surface area contributed by atoms with E-state index in [0.29, 0.717) is 41.7 Å². The van der Waals surface area contributed by atoms with Crippen molar-refractivity contribution in [3.63, 3.8) is 0 Å². The summed E-state index contributed by atoms with van der Waals surface area (Å²) in [5.74, 6) is 2.36. The molecule has 0 aliphatic carbocycles. The Morgan fingerprint density at radius 3 is 1.81 bits per heavy atom. The molecule has 1 amide bonds. The summed E-state index contributed by atoms with van der Waals surface area (Å²) in [6.45, 7) is 0.481. The lowest BCUT2D eigenvalue weighted by Gasteiger charge is -2.12. The molecule has 7 heteroatoms. The minimum Gasteiger partial charge on any atom is -0.493 e. The molecule has 0 unspecified atom stereocenters. The number of hydrogen-bond donors (Lipinski definition) is 2. The number of amides is 1. The molecule has 0 heterocycles. The van der Waals surface area contributed by atoms with Gasteiger partial charge in [-0.15, -0.1) is 0 Å². The highest BCUT2D eigenvalue weighted by molar-refractivity contribution is 5.91. The molecule has 7 nitrogen and oxygen atoms in total. The molecule has 2 rings (SSSR count). The van der Waals surface area contributed by atoms with E-state index in [-0.39, 0.29) is 5.91 Å². The first-order chi connectivity index (χ1) is 12.6. The number of methoxy groups -OCH3 is 4. The van der Waals surface area contributed by atoms with Crippen LogP contribution in [0.15, 0.2) is 36.4 Å². The quantitative estimate of drug-likeness (QED) is 0.715. The van der Waals surface area contributed by atoms with E-state index in [1.807, 2.05) is 18.2 Å². The molecule has 0 saturated carbocycles. The molecule has 2 N–H and O–H groups in total. The molecule has 0 aromatic heterocycles. The summed E-state index contributed by atoms with van der Waals surface area (Å²) in [6.07, 6.45) is 0.308. The Bertz CT molecular complexity index is 749. The van der Waals surface area contributed by atoms with Gasteiger partial charge in [0.05, 0.1) is 28.4 Å². The molecular weight excluding hydrogens is 336 g/mol. The summed E-state index contributed by atoms with van der Waals surface area (Å²) in [7, 11) is 6.29. The van der Waals surface area contributed by atoms with Crippen LogP contribution in [0.3, 0.4) is 0 Å². The van der Waals surface area contributed by atoms with Crippen molar-refractivity contribution in [1.82, 2.24) is 0 Å². The molecule has 0 radical (unpaired) electrons. The lowest BCUT2D eigenvalue weighted by molar-refractivity contribution is -0.115. The van der Waals surface area contributed by atoms with Crippen LogP contribution < -0.4 is 29.6 Å². The van der Waals surface area contributed by atoms with Crippen molar-refractivity contribution in [1.29, 1.82) is 0 Å². The number of carbonyl (C=O) groups is 1. The number of rotatable bonds is 9. The maximum Gasteiger partial charge on any atom is 0.226 e. The summed E-state index contributed by atoms with van der Waals surface area (Å²) < 4.78 is 20.9. The van der Waals surface area contributed by atoms with Gasteiger partial charge in [0.2, 0.25) is 5.91 Å². The standard InChI is InChI=1S/C19H24N2O5/c1-23-15-7-5-13(11-17(15)25-3)20-10-9-19(22)21-14-6-8-16(24-2)18(12-14)26-4/h5-8,11-12,20H,9-10H2,1-4H3,(H,21,22). The van der Waals surface area contributed by atoms with E-state index >= 15 is 0 Å². The third kappa shape index (κ3) is 4.95. The fourth-order valence-electron chi connectivity index (χ4n) is 2.40. The van der Waals surface area contributed by atoms with E-state index in [0.717, 1.165) is 5.69 Å². The van der Waals surface area contributed by atoms with E-state index in [9.17, 15) is 4.79 Å². The van der Waals surface area contributed by atoms with Crippen LogP contribution >= 0.6 is 0 Å². The van der Waals surface area contributed by atoms with Gasteiger partial charge in [-0.1, -0.05) is 0 Å². The van der Waals surface area contributed by atoms with Crippen LogP contribution in [0.25, 0.3) is 0 Å². The van der Waals surface area contributed by atoms with Crippen LogP contribution in [0.2, 0.25) is 0 Å². The van der Waals surface area contributed by atoms with Crippen LogP contribution in [0, 0.1) is 0 Å². The summed E-state index contributed by atoms with van der Waals surface area (Å²) in [6, 6.07) is 10.7. The SMILES string of the molecule is COc1ccc(NCCC(=O)Nc2ccc(OC)c(OC)c2)cc1OC. The van der Waals surface area contributed by atoms with Crippen molar-refractivity contribution in [2.45, 2.75) is 6.42 Å². The highest BCUT2D eigenvalue weighted by Gasteiger charge is 2.08. The molecule has 0 spiro atoms. The third-order valence-electron chi connectivity index (χ3n) is 3.73. The van der Waals surface area contributed by atoms with Gasteiger partial charge >= 0.3 is 0 Å². The molecular formula is C19H24N2O5. The third-order valence-corrected chi connectivity index (χ3v) is 3.73. The highest BCUT2D eigenvalue weighted by Crippen LogP contribution is 2.30. The van der Waals surface area contributed by atoms with E-state index in [1.54, 1.807) is 46.6 Å². The Kier molecular flexibility index (Phi) is 6.96. The zero-order chi connectivity index (χ0) is 18.9. The fourth-order valence-corrected chi connectivity index (χ4v) is 2.40. The molecule has 2 aromatic carbocycles. The van der Waals surface area contributed by atoms with Crippen LogP contribution in [-0.2, 0) is 4.79 Å². The average Bonchev–Trinajstić information content (AvgIpc) is 2.67. The minimum atomic E-state index is -0.106. The number of benzene rings is 2. The van der Waals surface area contributed by atoms with E-state index in [1.165, 1.54) is 0 Å². The van der Waals surface area contributed by atoms with Crippen molar-refractivity contribution in [2.75, 3.05) is 45.6 Å². The highest BCUT2D eigenvalue weighted by atomic mass is 16.5. The molecule has 140 valence electrons. The molecule has 0 saturated heterocycles. The van der Waals surface area contributed by atoms with Crippen molar-refractivity contribution < 1.29 is 23.7 Å². The Labute approximate surface area is 153 Å². The van der Waals surface area contributed by atoms with Gasteiger partial charge in [-0.3, -0.25) is 4.79 Å². The van der Waals surface area contributed by atoms with Gasteiger partial charge in [-0.05, 0) is 24.3 Å². The molecule has 0 fully saturated rings. The van der Waals surface area contributed by atoms with Gasteiger partial charge < -0.3 is 29.6 Å². The maximum absolute atomic E-state index is 12.1. The smallest absolute Gasteiger partial charge is 0.226 e. The average molecular weight is 360 g/mol. The summed E-state index contributed by atoms with van der Waals surface area (Å²) in [4.78, 5) is 12.1. The second-order valence-corrected chi connectivity index (χ2v) is 5.36. The molecule has 0 atom stereocenters. The number of carbonyl (C=O) groups excluding carboxylic acids is 1. The first-order valence-corrected chi connectivity index (χ1v) is 8.09. The largest absolute Gasteiger partial charge is 0.493 e. The monoisotopic (exact) mass is 360 g/mol. The lowest BCUT2D eigenvalue weighted by Crippen LogP contribution is -2.16. The predicted molar refractivity (Wildman–Crippen MR) is 101 cm³/mol. The number of ether oxygens (including phenoxy) is 4. The summed E-state index contributed by atoms with van der Waals surface area (Å²) in [5.41, 5.74) is 1.50. The second kappa shape index (κ2) is 9.41. The topological polar surface area (TPSA) is 78.1 Å². The zero-order valence-corrected chi connectivity index (χ0v) is 15.4. The van der Waals surface area contributed by atoms with Gasteiger partial charge in [0.25, 0.3) is 0 Å². The number of hydrogen-bond acceptors (Lipinski definition) is 6. The van der Waals surface area contributed by atoms with Crippen molar-refractivity contribution in [3.05, 3.63) is 36.4 Å². The Morgan fingerprint density at radius 2 is 1.27 bits per heavy atom. The summed E-state index contributed by atoms with van der Waals surface area (Å²) >= 11 is 0.